The number of nitrogens with one attached hydrogen (secondary N) is 3. The van der Waals surface area contributed by atoms with E-state index in [1.54, 1.807) is 24.5 Å². The Balaban J connectivity index is 0.000000142. The summed E-state index contributed by atoms with van der Waals surface area (Å²) >= 11 is 0. The first-order chi connectivity index (χ1) is 28.2. The molecule has 13 nitrogen and oxygen atoms in total. The molecule has 2 aromatic carbocycles. The van der Waals surface area contributed by atoms with Crippen LogP contribution in [0.2, 0.25) is 0 Å². The summed E-state index contributed by atoms with van der Waals surface area (Å²) < 4.78 is 3.71. The fourth-order valence-electron chi connectivity index (χ4n) is 8.60. The van der Waals surface area contributed by atoms with Gasteiger partial charge in [0, 0.05) is 83.9 Å². The van der Waals surface area contributed by atoms with Crippen LogP contribution in [0.3, 0.4) is 0 Å². The van der Waals surface area contributed by atoms with Crippen LogP contribution in [-0.2, 0) is 50.9 Å². The third-order valence-corrected chi connectivity index (χ3v) is 11.1. The Hall–Kier alpha value is -6.86. The highest BCUT2D eigenvalue weighted by atomic mass is 16.4. The van der Waals surface area contributed by atoms with E-state index in [1.807, 2.05) is 84.1 Å². The minimum Gasteiger partial charge on any atom is -0.478 e. The van der Waals surface area contributed by atoms with Crippen molar-refractivity contribution >= 4 is 33.7 Å². The Bertz CT molecular complexity index is 2840. The molecule has 2 aliphatic rings. The lowest BCUT2D eigenvalue weighted by molar-refractivity contribution is 0.0696. The van der Waals surface area contributed by atoms with Crippen molar-refractivity contribution in [2.45, 2.75) is 64.5 Å². The number of carbonyl (C=O) groups is 2. The van der Waals surface area contributed by atoms with Gasteiger partial charge in [0.25, 0.3) is 5.91 Å². The Morgan fingerprint density at radius 3 is 1.68 bits per heavy atom. The topological polar surface area (TPSA) is 185 Å². The van der Waals surface area contributed by atoms with Crippen molar-refractivity contribution < 1.29 is 14.7 Å². The number of rotatable bonds is 5. The number of amides is 1. The molecule has 0 aliphatic heterocycles. The van der Waals surface area contributed by atoms with Gasteiger partial charge in [-0.15, -0.1) is 0 Å². The van der Waals surface area contributed by atoms with Crippen LogP contribution in [0.15, 0.2) is 97.6 Å². The third kappa shape index (κ3) is 7.52. The molecule has 10 rings (SSSR count). The number of H-pyrrole nitrogens is 2. The number of benzene rings is 2. The number of nitrogens with zero attached hydrogens (tertiary/aromatic N) is 6. The van der Waals surface area contributed by atoms with Crippen molar-refractivity contribution in [2.24, 2.45) is 19.8 Å². The quantitative estimate of drug-likeness (QED) is 0.120. The summed E-state index contributed by atoms with van der Waals surface area (Å²) in [5.74, 6) is -0.997. The van der Waals surface area contributed by atoms with E-state index < -0.39 is 5.97 Å². The molecule has 0 spiro atoms. The number of carbonyl (C=O) groups excluding carboxylic acids is 1. The van der Waals surface area contributed by atoms with Gasteiger partial charge in [0.2, 0.25) is 0 Å². The Kier molecular flexibility index (Phi) is 10.0. The van der Waals surface area contributed by atoms with E-state index in [0.29, 0.717) is 24.2 Å². The monoisotopic (exact) mass is 788 g/mol. The second-order valence-corrected chi connectivity index (χ2v) is 16.6. The van der Waals surface area contributed by atoms with Crippen molar-refractivity contribution in [3.63, 3.8) is 0 Å². The van der Waals surface area contributed by atoms with Gasteiger partial charge in [-0.1, -0.05) is 39.8 Å². The highest BCUT2D eigenvalue weighted by molar-refractivity contribution is 6.01. The maximum Gasteiger partial charge on any atom is 0.335 e. The smallest absolute Gasteiger partial charge is 0.335 e. The number of carboxylic acid groups (broad SMARTS) is 1. The van der Waals surface area contributed by atoms with Gasteiger partial charge < -0.3 is 26.1 Å². The molecule has 300 valence electrons. The molecular formula is C46H48N10O3. The number of aromatic carboxylic acids is 1. The molecular weight excluding hydrogens is 741 g/mol. The SMILES string of the molecule is Cn1cc2c(n1)-c1[nH]c3ccc(C(=O)NCc4ccccn4)cc3c1C(C)(C)C2.Cn1cc2c(n1)-c1[nH]c3ccc(C(=O)O)cc3c1C(C)(C)C2.NCc1ccccn1. The molecule has 0 unspecified atom stereocenters. The Morgan fingerprint density at radius 1 is 0.729 bits per heavy atom. The molecule has 59 heavy (non-hydrogen) atoms. The van der Waals surface area contributed by atoms with Gasteiger partial charge >= 0.3 is 5.97 Å². The average Bonchev–Trinajstić information content (AvgIpc) is 3.99. The molecule has 6 aromatic heterocycles. The number of aryl methyl sites for hydroxylation is 2. The zero-order chi connectivity index (χ0) is 41.6. The molecule has 1 amide bonds. The molecule has 0 saturated heterocycles. The third-order valence-electron chi connectivity index (χ3n) is 11.1. The molecule has 0 bridgehead atoms. The summed E-state index contributed by atoms with van der Waals surface area (Å²) in [5, 5.41) is 23.5. The summed E-state index contributed by atoms with van der Waals surface area (Å²) in [6.45, 7) is 9.84. The van der Waals surface area contributed by atoms with E-state index in [2.05, 4.69) is 75.5 Å². The number of nitrogens with two attached hydrogens (primary N) is 1. The predicted octanol–water partition coefficient (Wildman–Crippen LogP) is 7.37. The van der Waals surface area contributed by atoms with Crippen molar-refractivity contribution in [1.82, 2.24) is 44.8 Å². The van der Waals surface area contributed by atoms with Gasteiger partial charge in [0.15, 0.2) is 0 Å². The van der Waals surface area contributed by atoms with Crippen LogP contribution >= 0.6 is 0 Å². The van der Waals surface area contributed by atoms with Crippen molar-refractivity contribution in [3.05, 3.63) is 142 Å². The summed E-state index contributed by atoms with van der Waals surface area (Å²) in [6, 6.07) is 22.5. The molecule has 0 saturated carbocycles. The standard InChI is InChI=1S/C23H23N5O.C17H17N3O2.C6H8N2/c1-23(2)11-15-13-28(3)27-20(15)21-19(23)17-10-14(7-8-18(17)26-21)22(29)25-12-16-6-4-5-9-24-16;1-17(2)7-10-8-20(3)19-14(10)15-13(17)11-6-9(16(21)22)4-5-12(11)18-15;7-5-6-3-1-2-4-8-6/h4-10,13,26H,11-12H2,1-3H3,(H,25,29);4-6,8,18H,7H2,1-3H3,(H,21,22);1-4H,5,7H2. The largest absolute Gasteiger partial charge is 0.478 e. The number of carboxylic acids is 1. The van der Waals surface area contributed by atoms with E-state index in [1.165, 1.54) is 16.7 Å². The molecule has 0 radical (unpaired) electrons. The van der Waals surface area contributed by atoms with E-state index >= 15 is 0 Å². The summed E-state index contributed by atoms with van der Waals surface area (Å²) in [5.41, 5.74) is 18.9. The van der Waals surface area contributed by atoms with Crippen molar-refractivity contribution in [1.29, 1.82) is 0 Å². The van der Waals surface area contributed by atoms with Crippen LogP contribution in [0, 0.1) is 0 Å². The lowest BCUT2D eigenvalue weighted by Gasteiger charge is -2.29. The second-order valence-electron chi connectivity index (χ2n) is 16.6. The number of aromatic nitrogens is 8. The maximum absolute atomic E-state index is 12.7. The Morgan fingerprint density at radius 2 is 1.22 bits per heavy atom. The van der Waals surface area contributed by atoms with Crippen LogP contribution in [0.25, 0.3) is 44.6 Å². The van der Waals surface area contributed by atoms with Gasteiger partial charge in [0.1, 0.15) is 11.4 Å². The predicted molar refractivity (Wildman–Crippen MR) is 229 cm³/mol. The summed E-state index contributed by atoms with van der Waals surface area (Å²) in [7, 11) is 3.88. The molecule has 8 aromatic rings. The number of aromatic amines is 2. The lowest BCUT2D eigenvalue weighted by Crippen LogP contribution is -2.25. The molecule has 6 N–H and O–H groups in total. The second kappa shape index (κ2) is 15.1. The van der Waals surface area contributed by atoms with Crippen LogP contribution < -0.4 is 11.1 Å². The molecule has 0 atom stereocenters. The first-order valence-corrected chi connectivity index (χ1v) is 19.6. The Labute approximate surface area is 341 Å². The lowest BCUT2D eigenvalue weighted by atomic mass is 9.73. The maximum atomic E-state index is 12.7. The first kappa shape index (κ1) is 39.0. The minimum atomic E-state index is -0.899. The fourth-order valence-corrected chi connectivity index (χ4v) is 8.60. The zero-order valence-corrected chi connectivity index (χ0v) is 34.1. The van der Waals surface area contributed by atoms with Gasteiger partial charge in [-0.25, -0.2) is 4.79 Å². The highest BCUT2D eigenvalue weighted by Crippen LogP contribution is 2.47. The highest BCUT2D eigenvalue weighted by Gasteiger charge is 2.37. The number of pyridine rings is 2. The summed E-state index contributed by atoms with van der Waals surface area (Å²) in [6.07, 6.45) is 9.45. The van der Waals surface area contributed by atoms with E-state index in [9.17, 15) is 14.7 Å². The normalized spacial score (nSPS) is 14.2. The number of fused-ring (bicyclic) bond motifs is 10. The molecule has 0 fully saturated rings. The fraction of sp³-hybridized carbons (Fsp3) is 0.261. The van der Waals surface area contributed by atoms with Crippen LogP contribution in [0.4, 0.5) is 0 Å². The van der Waals surface area contributed by atoms with E-state index in [-0.39, 0.29) is 16.7 Å². The number of hydrogen-bond acceptors (Lipinski definition) is 7. The molecule has 6 heterocycles. The van der Waals surface area contributed by atoms with E-state index in [4.69, 9.17) is 5.73 Å². The van der Waals surface area contributed by atoms with E-state index in [0.717, 1.165) is 74.4 Å². The molecule has 2 aliphatic carbocycles. The van der Waals surface area contributed by atoms with Crippen molar-refractivity contribution in [2.75, 3.05) is 0 Å². The first-order valence-electron chi connectivity index (χ1n) is 19.6. The average molecular weight is 789 g/mol. The van der Waals surface area contributed by atoms with Gasteiger partial charge in [-0.3, -0.25) is 24.1 Å². The summed E-state index contributed by atoms with van der Waals surface area (Å²) in [4.78, 5) is 39.2. The van der Waals surface area contributed by atoms with Crippen LogP contribution in [0.5, 0.6) is 0 Å². The van der Waals surface area contributed by atoms with Crippen LogP contribution in [-0.4, -0.2) is 56.5 Å². The van der Waals surface area contributed by atoms with Crippen molar-refractivity contribution in [3.8, 4) is 22.8 Å². The van der Waals surface area contributed by atoms with Gasteiger partial charge in [0.05, 0.1) is 34.9 Å². The zero-order valence-electron chi connectivity index (χ0n) is 34.1. The van der Waals surface area contributed by atoms with Gasteiger partial charge in [-0.05, 0) is 95.5 Å². The van der Waals surface area contributed by atoms with Gasteiger partial charge in [-0.2, -0.15) is 10.2 Å². The minimum absolute atomic E-state index is 0.0489. The molecule has 13 heteroatoms. The van der Waals surface area contributed by atoms with Crippen LogP contribution in [0.1, 0.15) is 82.1 Å². The number of hydrogen-bond donors (Lipinski definition) is 5.